The van der Waals surface area contributed by atoms with Crippen molar-refractivity contribution in [1.82, 2.24) is 15.0 Å². The molecule has 5 nitrogen and oxygen atoms in total. The SMILES string of the molecule is CSc1nc(NC=C(C)C)nc(NC2CC2)n1. The van der Waals surface area contributed by atoms with Gasteiger partial charge in [0.1, 0.15) is 0 Å². The zero-order valence-corrected chi connectivity index (χ0v) is 11.1. The Labute approximate surface area is 106 Å². The molecule has 92 valence electrons. The molecule has 0 aromatic carbocycles. The lowest BCUT2D eigenvalue weighted by Crippen LogP contribution is -2.09. The number of hydrogen-bond donors (Lipinski definition) is 2. The van der Waals surface area contributed by atoms with Crippen LogP contribution in [0, 0.1) is 0 Å². The summed E-state index contributed by atoms with van der Waals surface area (Å²) in [6.07, 6.45) is 6.26. The first kappa shape index (κ1) is 12.2. The minimum absolute atomic E-state index is 0.545. The molecule has 0 saturated heterocycles. The third kappa shape index (κ3) is 3.89. The van der Waals surface area contributed by atoms with Crippen LogP contribution >= 0.6 is 11.8 Å². The molecule has 0 aliphatic heterocycles. The third-order valence-electron chi connectivity index (χ3n) is 2.20. The number of rotatable bonds is 5. The van der Waals surface area contributed by atoms with Gasteiger partial charge >= 0.3 is 0 Å². The zero-order valence-electron chi connectivity index (χ0n) is 10.3. The molecule has 0 atom stereocenters. The average molecular weight is 251 g/mol. The fourth-order valence-electron chi connectivity index (χ4n) is 1.20. The summed E-state index contributed by atoms with van der Waals surface area (Å²) < 4.78 is 0. The number of aromatic nitrogens is 3. The van der Waals surface area contributed by atoms with Crippen molar-refractivity contribution in [1.29, 1.82) is 0 Å². The number of allylic oxidation sites excluding steroid dienone is 1. The highest BCUT2D eigenvalue weighted by Crippen LogP contribution is 2.24. The maximum atomic E-state index is 4.33. The number of thioether (sulfide) groups is 1. The highest BCUT2D eigenvalue weighted by molar-refractivity contribution is 7.98. The van der Waals surface area contributed by atoms with E-state index in [1.807, 2.05) is 26.3 Å². The van der Waals surface area contributed by atoms with Crippen LogP contribution in [0.5, 0.6) is 0 Å². The van der Waals surface area contributed by atoms with Gasteiger partial charge in [0.15, 0.2) is 5.16 Å². The van der Waals surface area contributed by atoms with Crippen LogP contribution in [0.1, 0.15) is 26.7 Å². The summed E-state index contributed by atoms with van der Waals surface area (Å²) in [5.74, 6) is 1.25. The Bertz CT molecular complexity index is 424. The fraction of sp³-hybridized carbons (Fsp3) is 0.545. The molecule has 0 unspecified atom stereocenters. The lowest BCUT2D eigenvalue weighted by molar-refractivity contribution is 0.901. The summed E-state index contributed by atoms with van der Waals surface area (Å²) in [4.78, 5) is 13.0. The molecule has 17 heavy (non-hydrogen) atoms. The van der Waals surface area contributed by atoms with Gasteiger partial charge in [-0.1, -0.05) is 17.3 Å². The second kappa shape index (κ2) is 5.35. The van der Waals surface area contributed by atoms with Crippen LogP contribution in [0.4, 0.5) is 11.9 Å². The van der Waals surface area contributed by atoms with Crippen molar-refractivity contribution in [2.24, 2.45) is 0 Å². The molecule has 1 aliphatic rings. The molecule has 2 N–H and O–H groups in total. The number of anilines is 2. The topological polar surface area (TPSA) is 62.7 Å². The Morgan fingerprint density at radius 1 is 1.24 bits per heavy atom. The van der Waals surface area contributed by atoms with Gasteiger partial charge in [0.25, 0.3) is 0 Å². The molecule has 1 aliphatic carbocycles. The van der Waals surface area contributed by atoms with Gasteiger partial charge in [-0.25, -0.2) is 0 Å². The number of hydrogen-bond acceptors (Lipinski definition) is 6. The minimum Gasteiger partial charge on any atom is -0.351 e. The Balaban J connectivity index is 2.15. The van der Waals surface area contributed by atoms with Gasteiger partial charge < -0.3 is 10.6 Å². The second-order valence-electron chi connectivity index (χ2n) is 4.25. The molecule has 0 radical (unpaired) electrons. The summed E-state index contributed by atoms with van der Waals surface area (Å²) >= 11 is 1.52. The van der Waals surface area contributed by atoms with E-state index in [9.17, 15) is 0 Å². The molecule has 1 fully saturated rings. The van der Waals surface area contributed by atoms with E-state index in [1.54, 1.807) is 0 Å². The Morgan fingerprint density at radius 3 is 2.53 bits per heavy atom. The third-order valence-corrected chi connectivity index (χ3v) is 2.75. The van der Waals surface area contributed by atoms with Crippen LogP contribution in [0.15, 0.2) is 16.9 Å². The van der Waals surface area contributed by atoms with E-state index in [1.165, 1.54) is 30.2 Å². The van der Waals surface area contributed by atoms with Crippen molar-refractivity contribution in [3.8, 4) is 0 Å². The smallest absolute Gasteiger partial charge is 0.232 e. The molecule has 1 heterocycles. The standard InChI is InChI=1S/C11H17N5S/c1-7(2)6-12-9-14-10(13-8-4-5-8)16-11(15-9)17-3/h6,8H,4-5H2,1-3H3,(H2,12,13,14,15,16). The van der Waals surface area contributed by atoms with Crippen molar-refractivity contribution >= 4 is 23.7 Å². The molecule has 1 aromatic heterocycles. The van der Waals surface area contributed by atoms with Crippen molar-refractivity contribution in [2.45, 2.75) is 37.9 Å². The zero-order chi connectivity index (χ0) is 12.3. The van der Waals surface area contributed by atoms with Gasteiger partial charge in [0, 0.05) is 12.2 Å². The summed E-state index contributed by atoms with van der Waals surface area (Å²) in [5, 5.41) is 7.09. The molecule has 6 heteroatoms. The van der Waals surface area contributed by atoms with Crippen LogP contribution in [-0.4, -0.2) is 27.2 Å². The molecular formula is C11H17N5S. The Kier molecular flexibility index (Phi) is 3.83. The number of nitrogens with one attached hydrogen (secondary N) is 2. The van der Waals surface area contributed by atoms with E-state index in [4.69, 9.17) is 0 Å². The van der Waals surface area contributed by atoms with Crippen molar-refractivity contribution in [2.75, 3.05) is 16.9 Å². The maximum Gasteiger partial charge on any atom is 0.232 e. The van der Waals surface area contributed by atoms with Crippen LogP contribution in [-0.2, 0) is 0 Å². The summed E-state index contributed by atoms with van der Waals surface area (Å²) in [6.45, 7) is 4.04. The van der Waals surface area contributed by atoms with Gasteiger partial charge in [0.2, 0.25) is 11.9 Å². The summed E-state index contributed by atoms with van der Waals surface area (Å²) in [6, 6.07) is 0.545. The Morgan fingerprint density at radius 2 is 1.94 bits per heavy atom. The van der Waals surface area contributed by atoms with Crippen LogP contribution in [0.2, 0.25) is 0 Å². The van der Waals surface area contributed by atoms with Crippen molar-refractivity contribution in [3.63, 3.8) is 0 Å². The van der Waals surface area contributed by atoms with Crippen LogP contribution in [0.25, 0.3) is 0 Å². The molecule has 0 spiro atoms. The maximum absolute atomic E-state index is 4.33. The van der Waals surface area contributed by atoms with Gasteiger partial charge in [-0.2, -0.15) is 15.0 Å². The van der Waals surface area contributed by atoms with E-state index in [0.717, 1.165) is 5.16 Å². The first-order chi connectivity index (χ1) is 8.17. The van der Waals surface area contributed by atoms with E-state index < -0.39 is 0 Å². The summed E-state index contributed by atoms with van der Waals surface area (Å²) in [7, 11) is 0. The molecule has 2 rings (SSSR count). The molecule has 0 bridgehead atoms. The predicted molar refractivity (Wildman–Crippen MR) is 71.3 cm³/mol. The molecule has 1 saturated carbocycles. The first-order valence-electron chi connectivity index (χ1n) is 5.64. The van der Waals surface area contributed by atoms with E-state index in [-0.39, 0.29) is 0 Å². The minimum atomic E-state index is 0.545. The second-order valence-corrected chi connectivity index (χ2v) is 5.03. The van der Waals surface area contributed by atoms with Crippen LogP contribution < -0.4 is 10.6 Å². The van der Waals surface area contributed by atoms with Crippen molar-refractivity contribution in [3.05, 3.63) is 11.8 Å². The van der Waals surface area contributed by atoms with Crippen molar-refractivity contribution < 1.29 is 0 Å². The van der Waals surface area contributed by atoms with E-state index >= 15 is 0 Å². The van der Waals surface area contributed by atoms with Crippen LogP contribution in [0.3, 0.4) is 0 Å². The van der Waals surface area contributed by atoms with Gasteiger partial charge in [-0.05, 0) is 32.9 Å². The average Bonchev–Trinajstić information content (AvgIpc) is 3.10. The summed E-state index contributed by atoms with van der Waals surface area (Å²) in [5.41, 5.74) is 1.17. The largest absolute Gasteiger partial charge is 0.351 e. The molecular weight excluding hydrogens is 234 g/mol. The lowest BCUT2D eigenvalue weighted by Gasteiger charge is -2.06. The highest BCUT2D eigenvalue weighted by Gasteiger charge is 2.22. The number of nitrogens with zero attached hydrogens (tertiary/aromatic N) is 3. The Hall–Kier alpha value is -1.30. The quantitative estimate of drug-likeness (QED) is 0.784. The normalized spacial score (nSPS) is 14.3. The molecule has 0 amide bonds. The van der Waals surface area contributed by atoms with Gasteiger partial charge in [0.05, 0.1) is 0 Å². The van der Waals surface area contributed by atoms with E-state index in [2.05, 4.69) is 25.6 Å². The lowest BCUT2D eigenvalue weighted by atomic mass is 10.4. The van der Waals surface area contributed by atoms with Gasteiger partial charge in [-0.3, -0.25) is 0 Å². The van der Waals surface area contributed by atoms with Gasteiger partial charge in [-0.15, -0.1) is 0 Å². The van der Waals surface area contributed by atoms with E-state index in [0.29, 0.717) is 17.9 Å². The predicted octanol–water partition coefficient (Wildman–Crippen LogP) is 2.50. The fourth-order valence-corrected chi connectivity index (χ4v) is 1.55. The first-order valence-corrected chi connectivity index (χ1v) is 6.86. The molecule has 1 aromatic rings. The highest BCUT2D eigenvalue weighted by atomic mass is 32.2. The monoisotopic (exact) mass is 251 g/mol.